The van der Waals surface area contributed by atoms with Crippen LogP contribution in [0.5, 0.6) is 0 Å². The molecule has 1 saturated heterocycles. The van der Waals surface area contributed by atoms with Crippen molar-refractivity contribution in [1.29, 1.82) is 0 Å². The van der Waals surface area contributed by atoms with Crippen molar-refractivity contribution in [3.05, 3.63) is 0 Å². The first-order valence-electron chi connectivity index (χ1n) is 3.81. The summed E-state index contributed by atoms with van der Waals surface area (Å²) in [7, 11) is 0. The Morgan fingerprint density at radius 2 is 2.55 bits per heavy atom. The summed E-state index contributed by atoms with van der Waals surface area (Å²) in [5, 5.41) is 11.6. The lowest BCUT2D eigenvalue weighted by atomic mass is 10.2. The summed E-state index contributed by atoms with van der Waals surface area (Å²) in [6, 6.07) is 0.325. The molecule has 4 heteroatoms. The summed E-state index contributed by atoms with van der Waals surface area (Å²) in [6.07, 6.45) is 0.324. The van der Waals surface area contributed by atoms with Gasteiger partial charge in [-0.05, 0) is 6.42 Å². The van der Waals surface area contributed by atoms with Gasteiger partial charge in [-0.3, -0.25) is 0 Å². The number of carboxylic acids is 1. The second kappa shape index (κ2) is 3.69. The maximum Gasteiger partial charge on any atom is 0.334 e. The third-order valence-corrected chi connectivity index (χ3v) is 1.86. The van der Waals surface area contributed by atoms with Crippen molar-refractivity contribution in [3.63, 3.8) is 0 Å². The SMILES string of the molecule is CCC1COC(C(=O)O)CN1. The van der Waals surface area contributed by atoms with Gasteiger partial charge < -0.3 is 15.2 Å². The van der Waals surface area contributed by atoms with Crippen LogP contribution in [-0.2, 0) is 9.53 Å². The molecule has 1 aliphatic heterocycles. The molecule has 64 valence electrons. The first-order chi connectivity index (χ1) is 5.24. The Labute approximate surface area is 65.5 Å². The maximum atomic E-state index is 10.4. The quantitative estimate of drug-likeness (QED) is 0.587. The molecular weight excluding hydrogens is 146 g/mol. The number of nitrogens with one attached hydrogen (secondary N) is 1. The van der Waals surface area contributed by atoms with E-state index in [-0.39, 0.29) is 0 Å². The second-order valence-electron chi connectivity index (χ2n) is 2.67. The van der Waals surface area contributed by atoms with Gasteiger partial charge in [0, 0.05) is 12.6 Å². The lowest BCUT2D eigenvalue weighted by Gasteiger charge is -2.27. The van der Waals surface area contributed by atoms with Crippen molar-refractivity contribution in [1.82, 2.24) is 5.32 Å². The third-order valence-electron chi connectivity index (χ3n) is 1.86. The largest absolute Gasteiger partial charge is 0.479 e. The molecule has 0 aromatic rings. The summed E-state index contributed by atoms with van der Waals surface area (Å²) in [5.41, 5.74) is 0. The number of carbonyl (C=O) groups is 1. The molecule has 1 aliphatic rings. The Hall–Kier alpha value is -0.610. The standard InChI is InChI=1S/C7H13NO3/c1-2-5-4-11-6(3-8-5)7(9)10/h5-6,8H,2-4H2,1H3,(H,9,10). The summed E-state index contributed by atoms with van der Waals surface area (Å²) < 4.78 is 5.08. The van der Waals surface area contributed by atoms with Crippen molar-refractivity contribution in [2.75, 3.05) is 13.2 Å². The van der Waals surface area contributed by atoms with Crippen LogP contribution in [0.3, 0.4) is 0 Å². The molecule has 4 nitrogen and oxygen atoms in total. The van der Waals surface area contributed by atoms with Crippen LogP contribution in [-0.4, -0.2) is 36.4 Å². The van der Waals surface area contributed by atoms with Crippen LogP contribution in [0.25, 0.3) is 0 Å². The fourth-order valence-corrected chi connectivity index (χ4v) is 1.04. The maximum absolute atomic E-state index is 10.4. The van der Waals surface area contributed by atoms with E-state index in [2.05, 4.69) is 5.32 Å². The van der Waals surface area contributed by atoms with Crippen LogP contribution in [0.2, 0.25) is 0 Å². The van der Waals surface area contributed by atoms with Crippen LogP contribution in [0.15, 0.2) is 0 Å². The minimum atomic E-state index is -0.882. The monoisotopic (exact) mass is 159 g/mol. The number of aliphatic carboxylic acids is 1. The molecule has 0 spiro atoms. The third kappa shape index (κ3) is 2.17. The van der Waals surface area contributed by atoms with Crippen LogP contribution < -0.4 is 5.32 Å². The molecule has 0 radical (unpaired) electrons. The zero-order valence-electron chi connectivity index (χ0n) is 6.54. The van der Waals surface area contributed by atoms with Crippen LogP contribution in [0, 0.1) is 0 Å². The van der Waals surface area contributed by atoms with E-state index < -0.39 is 12.1 Å². The first kappa shape index (κ1) is 8.49. The molecule has 2 N–H and O–H groups in total. The molecule has 1 fully saturated rings. The van der Waals surface area contributed by atoms with Crippen molar-refractivity contribution < 1.29 is 14.6 Å². The highest BCUT2D eigenvalue weighted by atomic mass is 16.5. The second-order valence-corrected chi connectivity index (χ2v) is 2.67. The number of morpholine rings is 1. The van der Waals surface area contributed by atoms with Gasteiger partial charge in [0.2, 0.25) is 0 Å². The fraction of sp³-hybridized carbons (Fsp3) is 0.857. The Balaban J connectivity index is 2.30. The summed E-state index contributed by atoms with van der Waals surface area (Å²) in [5.74, 6) is -0.882. The Bertz CT molecular complexity index is 141. The molecule has 0 bridgehead atoms. The predicted octanol–water partition coefficient (Wildman–Crippen LogP) is -0.162. The van der Waals surface area contributed by atoms with Gasteiger partial charge in [-0.1, -0.05) is 6.92 Å². The van der Waals surface area contributed by atoms with Gasteiger partial charge in [0.25, 0.3) is 0 Å². The summed E-state index contributed by atoms with van der Waals surface area (Å²) in [4.78, 5) is 10.4. The number of ether oxygens (including phenoxy) is 1. The lowest BCUT2D eigenvalue weighted by molar-refractivity contribution is -0.153. The van der Waals surface area contributed by atoms with E-state index in [4.69, 9.17) is 9.84 Å². The molecule has 1 heterocycles. The topological polar surface area (TPSA) is 58.6 Å². The minimum absolute atomic E-state index is 0.325. The van der Waals surface area contributed by atoms with E-state index in [1.54, 1.807) is 0 Å². The van der Waals surface area contributed by atoms with Crippen LogP contribution in [0.1, 0.15) is 13.3 Å². The number of hydrogen-bond acceptors (Lipinski definition) is 3. The predicted molar refractivity (Wildman–Crippen MR) is 39.5 cm³/mol. The van der Waals surface area contributed by atoms with Gasteiger partial charge in [-0.2, -0.15) is 0 Å². The normalized spacial score (nSPS) is 31.7. The van der Waals surface area contributed by atoms with E-state index in [1.807, 2.05) is 6.92 Å². The van der Waals surface area contributed by atoms with Crippen LogP contribution >= 0.6 is 0 Å². The molecule has 0 saturated carbocycles. The average molecular weight is 159 g/mol. The van der Waals surface area contributed by atoms with Crippen molar-refractivity contribution >= 4 is 5.97 Å². The molecule has 0 amide bonds. The highest BCUT2D eigenvalue weighted by Crippen LogP contribution is 2.03. The van der Waals surface area contributed by atoms with Gasteiger partial charge in [-0.25, -0.2) is 4.79 Å². The number of carboxylic acid groups (broad SMARTS) is 1. The molecule has 0 aromatic heterocycles. The smallest absolute Gasteiger partial charge is 0.334 e. The number of rotatable bonds is 2. The molecule has 2 atom stereocenters. The number of hydrogen-bond donors (Lipinski definition) is 2. The summed E-state index contributed by atoms with van der Waals surface area (Å²) >= 11 is 0. The van der Waals surface area contributed by atoms with Crippen molar-refractivity contribution in [2.45, 2.75) is 25.5 Å². The fourth-order valence-electron chi connectivity index (χ4n) is 1.04. The average Bonchev–Trinajstić information content (AvgIpc) is 2.05. The Kier molecular flexibility index (Phi) is 2.84. The first-order valence-corrected chi connectivity index (χ1v) is 3.81. The highest BCUT2D eigenvalue weighted by molar-refractivity contribution is 5.72. The van der Waals surface area contributed by atoms with Gasteiger partial charge >= 0.3 is 5.97 Å². The molecule has 1 rings (SSSR count). The molecular formula is C7H13NO3. The minimum Gasteiger partial charge on any atom is -0.479 e. The zero-order chi connectivity index (χ0) is 8.27. The van der Waals surface area contributed by atoms with Crippen molar-refractivity contribution in [3.8, 4) is 0 Å². The van der Waals surface area contributed by atoms with E-state index in [0.29, 0.717) is 19.2 Å². The zero-order valence-corrected chi connectivity index (χ0v) is 6.54. The summed E-state index contributed by atoms with van der Waals surface area (Å²) in [6.45, 7) is 2.98. The van der Waals surface area contributed by atoms with Crippen LogP contribution in [0.4, 0.5) is 0 Å². The van der Waals surface area contributed by atoms with E-state index in [0.717, 1.165) is 6.42 Å². The molecule has 2 unspecified atom stereocenters. The van der Waals surface area contributed by atoms with E-state index in [9.17, 15) is 4.79 Å². The lowest BCUT2D eigenvalue weighted by Crippen LogP contribution is -2.48. The van der Waals surface area contributed by atoms with Gasteiger partial charge in [0.15, 0.2) is 6.10 Å². The highest BCUT2D eigenvalue weighted by Gasteiger charge is 2.24. The van der Waals surface area contributed by atoms with Gasteiger partial charge in [0.1, 0.15) is 0 Å². The Morgan fingerprint density at radius 3 is 2.91 bits per heavy atom. The molecule has 0 aromatic carbocycles. The van der Waals surface area contributed by atoms with E-state index >= 15 is 0 Å². The Morgan fingerprint density at radius 1 is 1.82 bits per heavy atom. The van der Waals surface area contributed by atoms with Gasteiger partial charge in [0.05, 0.1) is 6.61 Å². The van der Waals surface area contributed by atoms with Gasteiger partial charge in [-0.15, -0.1) is 0 Å². The molecule has 0 aliphatic carbocycles. The van der Waals surface area contributed by atoms with Crippen molar-refractivity contribution in [2.24, 2.45) is 0 Å². The van der Waals surface area contributed by atoms with E-state index in [1.165, 1.54) is 0 Å². The molecule has 11 heavy (non-hydrogen) atoms.